The Kier molecular flexibility index (Phi) is 5.00. The first kappa shape index (κ1) is 20.2. The summed E-state index contributed by atoms with van der Waals surface area (Å²) in [6.07, 6.45) is 9.33. The minimum Gasteiger partial charge on any atom is -0.371 e. The first-order valence-electron chi connectivity index (χ1n) is 11.3. The van der Waals surface area contributed by atoms with E-state index in [9.17, 15) is 9.90 Å². The van der Waals surface area contributed by atoms with E-state index in [-0.39, 0.29) is 5.41 Å². The van der Waals surface area contributed by atoms with E-state index in [1.165, 1.54) is 11.1 Å². The van der Waals surface area contributed by atoms with Gasteiger partial charge in [-0.05, 0) is 78.7 Å². The van der Waals surface area contributed by atoms with Crippen molar-refractivity contribution in [1.29, 1.82) is 0 Å². The van der Waals surface area contributed by atoms with Gasteiger partial charge in [0.25, 0.3) is 0 Å². The Morgan fingerprint density at radius 1 is 1.13 bits per heavy atom. The summed E-state index contributed by atoms with van der Waals surface area (Å²) < 4.78 is 11.7. The average molecular weight is 409 g/mol. The first-order chi connectivity index (χ1) is 14.4. The van der Waals surface area contributed by atoms with E-state index in [1.807, 2.05) is 36.4 Å². The molecule has 5 rings (SSSR count). The number of carbonyl (C=O) groups excluding carboxylic acids is 1. The second-order valence-electron chi connectivity index (χ2n) is 9.81. The number of hydrogen-bond donors (Lipinski definition) is 1. The SMILES string of the molecule is COC1C=C2C(=CC1(O)OCc1ccccc1)CC[C@@H]1[C@@H]2CC[C@]2(C)C(=O)CC[C@@H]12. The molecule has 1 aromatic rings. The van der Waals surface area contributed by atoms with Crippen LogP contribution in [-0.2, 0) is 20.9 Å². The number of carbonyl (C=O) groups is 1. The van der Waals surface area contributed by atoms with Crippen molar-refractivity contribution in [3.8, 4) is 0 Å². The van der Waals surface area contributed by atoms with E-state index in [2.05, 4.69) is 13.0 Å². The maximum atomic E-state index is 12.6. The number of fused-ring (bicyclic) bond motifs is 5. The molecule has 0 heterocycles. The molecule has 2 unspecified atom stereocenters. The molecule has 3 fully saturated rings. The van der Waals surface area contributed by atoms with E-state index in [1.54, 1.807) is 7.11 Å². The standard InChI is InChI=1S/C26H32O4/c1-25-13-12-19-20(22(25)10-11-23(25)27)9-8-18-15-26(28,24(29-2)14-21(18)19)30-16-17-6-4-3-5-7-17/h3-7,14-15,19-20,22,24,28H,8-13,16H2,1-2H3/t19-,20+,22-,24?,25-,26?/m0/s1. The average Bonchev–Trinajstić information content (AvgIpc) is 3.07. The summed E-state index contributed by atoms with van der Waals surface area (Å²) in [6, 6.07) is 9.91. The molecule has 0 aromatic heterocycles. The lowest BCUT2D eigenvalue weighted by molar-refractivity contribution is -0.225. The van der Waals surface area contributed by atoms with Gasteiger partial charge in [0, 0.05) is 18.9 Å². The number of aliphatic hydroxyl groups is 1. The fourth-order valence-electron chi connectivity index (χ4n) is 6.69. The fourth-order valence-corrected chi connectivity index (χ4v) is 6.69. The summed E-state index contributed by atoms with van der Waals surface area (Å²) in [5, 5.41) is 11.3. The van der Waals surface area contributed by atoms with Gasteiger partial charge in [0.2, 0.25) is 5.79 Å². The number of allylic oxidation sites excluding steroid dienone is 2. The van der Waals surface area contributed by atoms with Crippen LogP contribution in [0.3, 0.4) is 0 Å². The predicted octanol–water partition coefficient (Wildman–Crippen LogP) is 4.58. The van der Waals surface area contributed by atoms with Crippen LogP contribution < -0.4 is 0 Å². The molecule has 0 aliphatic heterocycles. The highest BCUT2D eigenvalue weighted by Gasteiger charge is 2.56. The van der Waals surface area contributed by atoms with Gasteiger partial charge in [-0.2, -0.15) is 0 Å². The van der Waals surface area contributed by atoms with E-state index in [4.69, 9.17) is 9.47 Å². The van der Waals surface area contributed by atoms with Gasteiger partial charge in [-0.1, -0.05) is 37.3 Å². The Labute approximate surface area is 179 Å². The van der Waals surface area contributed by atoms with Crippen LogP contribution in [0.4, 0.5) is 0 Å². The van der Waals surface area contributed by atoms with Gasteiger partial charge < -0.3 is 14.6 Å². The van der Waals surface area contributed by atoms with Crippen LogP contribution in [0.15, 0.2) is 53.6 Å². The third-order valence-corrected chi connectivity index (χ3v) is 8.35. The fraction of sp³-hybridized carbons (Fsp3) is 0.577. The van der Waals surface area contributed by atoms with Crippen molar-refractivity contribution in [2.24, 2.45) is 23.2 Å². The topological polar surface area (TPSA) is 55.8 Å². The number of ketones is 1. The Bertz CT molecular complexity index is 888. The number of benzene rings is 1. The number of methoxy groups -OCH3 is 1. The highest BCUT2D eigenvalue weighted by atomic mass is 16.6. The summed E-state index contributed by atoms with van der Waals surface area (Å²) in [5.74, 6) is 0.548. The lowest BCUT2D eigenvalue weighted by Gasteiger charge is -2.50. The van der Waals surface area contributed by atoms with Crippen LogP contribution in [0, 0.1) is 23.2 Å². The first-order valence-corrected chi connectivity index (χ1v) is 11.3. The largest absolute Gasteiger partial charge is 0.371 e. The van der Waals surface area contributed by atoms with Crippen LogP contribution in [0.5, 0.6) is 0 Å². The van der Waals surface area contributed by atoms with E-state index < -0.39 is 11.9 Å². The van der Waals surface area contributed by atoms with Gasteiger partial charge >= 0.3 is 0 Å². The molecule has 0 radical (unpaired) electrons. The summed E-state index contributed by atoms with van der Waals surface area (Å²) in [7, 11) is 1.63. The van der Waals surface area contributed by atoms with E-state index in [0.717, 1.165) is 44.1 Å². The zero-order valence-electron chi connectivity index (χ0n) is 18.0. The van der Waals surface area contributed by atoms with Crippen LogP contribution in [-0.4, -0.2) is 29.9 Å². The quantitative estimate of drug-likeness (QED) is 0.741. The van der Waals surface area contributed by atoms with Crippen molar-refractivity contribution in [3.63, 3.8) is 0 Å². The molecule has 4 aliphatic rings. The number of Topliss-reactive ketones (excluding diaryl/α,β-unsaturated/α-hetero) is 1. The number of hydrogen-bond acceptors (Lipinski definition) is 4. The third-order valence-electron chi connectivity index (χ3n) is 8.35. The minimum absolute atomic E-state index is 0.113. The zero-order valence-corrected chi connectivity index (χ0v) is 18.0. The van der Waals surface area contributed by atoms with Crippen molar-refractivity contribution in [3.05, 3.63) is 59.2 Å². The predicted molar refractivity (Wildman–Crippen MR) is 114 cm³/mol. The smallest absolute Gasteiger partial charge is 0.217 e. The maximum Gasteiger partial charge on any atom is 0.217 e. The summed E-state index contributed by atoms with van der Waals surface area (Å²) in [4.78, 5) is 12.6. The Balaban J connectivity index is 1.39. The van der Waals surface area contributed by atoms with Gasteiger partial charge in [0.05, 0.1) is 6.61 Å². The van der Waals surface area contributed by atoms with Crippen molar-refractivity contribution < 1.29 is 19.4 Å². The summed E-state index contributed by atoms with van der Waals surface area (Å²) >= 11 is 0. The van der Waals surface area contributed by atoms with Gasteiger partial charge in [0.15, 0.2) is 0 Å². The molecule has 160 valence electrons. The molecule has 4 aliphatic carbocycles. The van der Waals surface area contributed by atoms with E-state index in [0.29, 0.717) is 30.1 Å². The minimum atomic E-state index is -1.46. The Morgan fingerprint density at radius 3 is 2.70 bits per heavy atom. The van der Waals surface area contributed by atoms with Crippen molar-refractivity contribution in [1.82, 2.24) is 0 Å². The number of ether oxygens (including phenoxy) is 2. The number of rotatable bonds is 4. The molecule has 4 nitrogen and oxygen atoms in total. The Hall–Kier alpha value is -1.75. The van der Waals surface area contributed by atoms with Crippen LogP contribution >= 0.6 is 0 Å². The zero-order chi connectivity index (χ0) is 20.9. The maximum absolute atomic E-state index is 12.6. The highest BCUT2D eigenvalue weighted by molar-refractivity contribution is 5.87. The van der Waals surface area contributed by atoms with Crippen molar-refractivity contribution >= 4 is 5.78 Å². The molecule has 30 heavy (non-hydrogen) atoms. The molecular formula is C26H32O4. The van der Waals surface area contributed by atoms with Crippen LogP contribution in [0.2, 0.25) is 0 Å². The summed E-state index contributed by atoms with van der Waals surface area (Å²) in [6.45, 7) is 2.54. The monoisotopic (exact) mass is 408 g/mol. The Morgan fingerprint density at radius 2 is 1.93 bits per heavy atom. The molecule has 3 saturated carbocycles. The van der Waals surface area contributed by atoms with Crippen LogP contribution in [0.1, 0.15) is 51.0 Å². The third kappa shape index (κ3) is 3.12. The van der Waals surface area contributed by atoms with Gasteiger partial charge in [0.1, 0.15) is 11.9 Å². The molecule has 4 heteroatoms. The molecule has 0 spiro atoms. The van der Waals surface area contributed by atoms with Gasteiger partial charge in [-0.15, -0.1) is 0 Å². The molecule has 1 N–H and O–H groups in total. The molecular weight excluding hydrogens is 376 g/mol. The molecule has 6 atom stereocenters. The molecule has 0 amide bonds. The van der Waals surface area contributed by atoms with Crippen molar-refractivity contribution in [2.75, 3.05) is 7.11 Å². The van der Waals surface area contributed by atoms with Gasteiger partial charge in [-0.25, -0.2) is 0 Å². The lowest BCUT2D eigenvalue weighted by Crippen LogP contribution is -2.49. The second-order valence-corrected chi connectivity index (χ2v) is 9.81. The molecule has 0 bridgehead atoms. The second kappa shape index (κ2) is 7.44. The lowest BCUT2D eigenvalue weighted by atomic mass is 9.54. The van der Waals surface area contributed by atoms with Gasteiger partial charge in [-0.3, -0.25) is 4.79 Å². The van der Waals surface area contributed by atoms with Crippen LogP contribution in [0.25, 0.3) is 0 Å². The highest BCUT2D eigenvalue weighted by Crippen LogP contribution is 2.60. The van der Waals surface area contributed by atoms with Crippen molar-refractivity contribution in [2.45, 2.75) is 63.9 Å². The van der Waals surface area contributed by atoms with E-state index >= 15 is 0 Å². The normalized spacial score (nSPS) is 40.2. The summed E-state index contributed by atoms with van der Waals surface area (Å²) in [5.41, 5.74) is 3.44. The molecule has 1 aromatic carbocycles. The molecule has 0 saturated heterocycles.